The predicted molar refractivity (Wildman–Crippen MR) is 167 cm³/mol. The average molecular weight is 701 g/mol. The smallest absolute Gasteiger partial charge is 0.264 e. The van der Waals surface area contributed by atoms with Crippen LogP contribution in [-0.2, 0) is 21.4 Å². The third-order valence-electron chi connectivity index (χ3n) is 5.87. The fourth-order valence-corrected chi connectivity index (χ4v) is 6.19. The maximum Gasteiger partial charge on any atom is 0.264 e. The highest BCUT2D eigenvalue weighted by Gasteiger charge is 2.27. The van der Waals surface area contributed by atoms with Crippen molar-refractivity contribution >= 4 is 59.7 Å². The number of methoxy groups -OCH3 is 1. The van der Waals surface area contributed by atoms with E-state index in [0.717, 1.165) is 15.4 Å². The lowest BCUT2D eigenvalue weighted by molar-refractivity contribution is -0.119. The number of hydrazone groups is 1. The molecule has 4 aromatic rings. The fraction of sp³-hybridized carbons (Fsp3) is 0.133. The first-order valence-electron chi connectivity index (χ1n) is 12.4. The van der Waals surface area contributed by atoms with Gasteiger partial charge >= 0.3 is 0 Å². The quantitative estimate of drug-likeness (QED) is 0.143. The Morgan fingerprint density at radius 3 is 2.39 bits per heavy atom. The Balaban J connectivity index is 1.49. The number of sulfonamides is 1. The van der Waals surface area contributed by atoms with Gasteiger partial charge in [0.15, 0.2) is 11.5 Å². The molecule has 8 nitrogen and oxygen atoms in total. The van der Waals surface area contributed by atoms with Gasteiger partial charge in [-0.2, -0.15) is 5.10 Å². The molecule has 0 aliphatic heterocycles. The highest BCUT2D eigenvalue weighted by atomic mass is 79.9. The van der Waals surface area contributed by atoms with Crippen LogP contribution < -0.4 is 19.2 Å². The molecule has 4 aromatic carbocycles. The molecular weight excluding hydrogens is 674 g/mol. The number of rotatable bonds is 11. The number of carbonyl (C=O) groups excluding carboxylic acids is 1. The fourth-order valence-electron chi connectivity index (χ4n) is 3.81. The minimum atomic E-state index is -4.04. The van der Waals surface area contributed by atoms with Gasteiger partial charge in [0.25, 0.3) is 15.9 Å². The van der Waals surface area contributed by atoms with Crippen molar-refractivity contribution in [1.29, 1.82) is 0 Å². The van der Waals surface area contributed by atoms with Gasteiger partial charge in [-0.3, -0.25) is 9.10 Å². The zero-order valence-electron chi connectivity index (χ0n) is 22.3. The number of hydrogen-bond donors (Lipinski definition) is 1. The van der Waals surface area contributed by atoms with Crippen LogP contribution in [0.3, 0.4) is 0 Å². The first-order chi connectivity index (χ1) is 19.7. The molecule has 0 radical (unpaired) electrons. The highest BCUT2D eigenvalue weighted by molar-refractivity contribution is 9.10. The standard InChI is InChI=1S/C30H27Br2N3O5S/c1-21-11-13-26(14-12-21)41(37,38)35(25-10-6-9-24(31)17-25)19-29(36)34-33-18-23-15-27(32)30(28(16-23)39-2)40-20-22-7-4-3-5-8-22/h3-18H,19-20H2,1-2H3,(H,34,36)/b33-18-. The number of nitrogens with zero attached hydrogens (tertiary/aromatic N) is 2. The summed E-state index contributed by atoms with van der Waals surface area (Å²) in [5, 5.41) is 4.04. The van der Waals surface area contributed by atoms with Crippen LogP contribution >= 0.6 is 31.9 Å². The van der Waals surface area contributed by atoms with Crippen LogP contribution in [0.2, 0.25) is 0 Å². The number of hydrogen-bond acceptors (Lipinski definition) is 6. The number of halogens is 2. The largest absolute Gasteiger partial charge is 0.493 e. The van der Waals surface area contributed by atoms with E-state index >= 15 is 0 Å². The summed E-state index contributed by atoms with van der Waals surface area (Å²) in [5.74, 6) is 0.391. The van der Waals surface area contributed by atoms with Crippen LogP contribution in [-0.4, -0.2) is 34.2 Å². The summed E-state index contributed by atoms with van der Waals surface area (Å²) >= 11 is 6.89. The van der Waals surface area contributed by atoms with Crippen molar-refractivity contribution in [1.82, 2.24) is 5.43 Å². The van der Waals surface area contributed by atoms with Crippen LogP contribution in [0.1, 0.15) is 16.7 Å². The van der Waals surface area contributed by atoms with E-state index in [2.05, 4.69) is 42.4 Å². The summed E-state index contributed by atoms with van der Waals surface area (Å²) in [6.45, 7) is 1.75. The molecule has 0 saturated carbocycles. The van der Waals surface area contributed by atoms with Gasteiger partial charge in [0, 0.05) is 4.47 Å². The lowest BCUT2D eigenvalue weighted by Gasteiger charge is -2.24. The van der Waals surface area contributed by atoms with Gasteiger partial charge in [0.05, 0.1) is 28.4 Å². The van der Waals surface area contributed by atoms with E-state index in [1.165, 1.54) is 25.5 Å². The first-order valence-corrected chi connectivity index (χ1v) is 15.4. The second-order valence-corrected chi connectivity index (χ2v) is 12.5. The molecular formula is C30H27Br2N3O5S. The van der Waals surface area contributed by atoms with Crippen molar-refractivity contribution in [3.63, 3.8) is 0 Å². The topological polar surface area (TPSA) is 97.3 Å². The molecule has 1 amide bonds. The average Bonchev–Trinajstić information content (AvgIpc) is 2.95. The molecule has 0 saturated heterocycles. The van der Waals surface area contributed by atoms with Crippen molar-refractivity contribution in [3.05, 3.63) is 117 Å². The second-order valence-electron chi connectivity index (χ2n) is 8.91. The number of amides is 1. The van der Waals surface area contributed by atoms with Crippen LogP contribution in [0.25, 0.3) is 0 Å². The lowest BCUT2D eigenvalue weighted by atomic mass is 10.2. The molecule has 0 aliphatic rings. The minimum absolute atomic E-state index is 0.0749. The summed E-state index contributed by atoms with van der Waals surface area (Å²) < 4.78 is 40.9. The molecule has 212 valence electrons. The first kappa shape index (κ1) is 30.3. The Hall–Kier alpha value is -3.67. The van der Waals surface area contributed by atoms with Gasteiger partial charge in [0.2, 0.25) is 0 Å². The molecule has 0 spiro atoms. The predicted octanol–water partition coefficient (Wildman–Crippen LogP) is 6.45. The van der Waals surface area contributed by atoms with E-state index in [0.29, 0.717) is 38.3 Å². The Kier molecular flexibility index (Phi) is 10.2. The Morgan fingerprint density at radius 1 is 0.976 bits per heavy atom. The van der Waals surface area contributed by atoms with Crippen LogP contribution in [0.5, 0.6) is 11.5 Å². The SMILES string of the molecule is COc1cc(/C=N\NC(=O)CN(c2cccc(Br)c2)S(=O)(=O)c2ccc(C)cc2)cc(Br)c1OCc1ccccc1. The van der Waals surface area contributed by atoms with E-state index in [9.17, 15) is 13.2 Å². The molecule has 0 unspecified atom stereocenters. The molecule has 0 heterocycles. The van der Waals surface area contributed by atoms with E-state index in [1.54, 1.807) is 48.5 Å². The molecule has 11 heteroatoms. The van der Waals surface area contributed by atoms with E-state index in [1.807, 2.05) is 37.3 Å². The van der Waals surface area contributed by atoms with Gasteiger partial charge < -0.3 is 9.47 Å². The van der Waals surface area contributed by atoms with Crippen LogP contribution in [0, 0.1) is 6.92 Å². The van der Waals surface area contributed by atoms with Crippen LogP contribution in [0.4, 0.5) is 5.69 Å². The van der Waals surface area contributed by atoms with Crippen molar-refractivity contribution in [2.45, 2.75) is 18.4 Å². The minimum Gasteiger partial charge on any atom is -0.493 e. The maximum atomic E-state index is 13.5. The van der Waals surface area contributed by atoms with E-state index < -0.39 is 22.5 Å². The molecule has 4 rings (SSSR count). The zero-order chi connectivity index (χ0) is 29.4. The summed E-state index contributed by atoms with van der Waals surface area (Å²) in [6.07, 6.45) is 1.43. The number of nitrogens with one attached hydrogen (secondary N) is 1. The second kappa shape index (κ2) is 13.8. The molecule has 0 aliphatic carbocycles. The van der Waals surface area contributed by atoms with Gasteiger partial charge in [0.1, 0.15) is 13.2 Å². The molecule has 0 atom stereocenters. The number of anilines is 1. The van der Waals surface area contributed by atoms with Gasteiger partial charge in [-0.1, -0.05) is 70.0 Å². The van der Waals surface area contributed by atoms with Crippen molar-refractivity contribution in [2.24, 2.45) is 5.10 Å². The Bertz CT molecular complexity index is 1650. The molecule has 0 fully saturated rings. The summed E-state index contributed by atoms with van der Waals surface area (Å²) in [5.41, 5.74) is 5.31. The zero-order valence-corrected chi connectivity index (χ0v) is 26.2. The highest BCUT2D eigenvalue weighted by Crippen LogP contribution is 2.37. The van der Waals surface area contributed by atoms with Crippen molar-refractivity contribution < 1.29 is 22.7 Å². The third kappa shape index (κ3) is 7.96. The van der Waals surface area contributed by atoms with Crippen molar-refractivity contribution in [2.75, 3.05) is 18.0 Å². The van der Waals surface area contributed by atoms with Crippen molar-refractivity contribution in [3.8, 4) is 11.5 Å². The number of ether oxygens (including phenoxy) is 2. The summed E-state index contributed by atoms with van der Waals surface area (Å²) in [4.78, 5) is 13.0. The summed E-state index contributed by atoms with van der Waals surface area (Å²) in [7, 11) is -2.51. The number of benzene rings is 4. The normalized spacial score (nSPS) is 11.3. The third-order valence-corrected chi connectivity index (χ3v) is 8.74. The number of carbonyl (C=O) groups is 1. The monoisotopic (exact) mass is 699 g/mol. The van der Waals surface area contributed by atoms with Gasteiger partial charge in [-0.25, -0.2) is 13.8 Å². The lowest BCUT2D eigenvalue weighted by Crippen LogP contribution is -2.39. The maximum absolute atomic E-state index is 13.5. The van der Waals surface area contributed by atoms with E-state index in [4.69, 9.17) is 9.47 Å². The Labute approximate surface area is 256 Å². The molecule has 0 aromatic heterocycles. The number of aryl methyl sites for hydroxylation is 1. The molecule has 0 bridgehead atoms. The molecule has 1 N–H and O–H groups in total. The van der Waals surface area contributed by atoms with Gasteiger partial charge in [-0.15, -0.1) is 0 Å². The molecule has 41 heavy (non-hydrogen) atoms. The van der Waals surface area contributed by atoms with Crippen LogP contribution in [0.15, 0.2) is 110 Å². The summed E-state index contributed by atoms with van der Waals surface area (Å²) in [6, 6.07) is 26.4. The van der Waals surface area contributed by atoms with Gasteiger partial charge in [-0.05, 0) is 76.4 Å². The van der Waals surface area contributed by atoms with E-state index in [-0.39, 0.29) is 4.90 Å². The Morgan fingerprint density at radius 2 is 1.71 bits per heavy atom.